The minimum absolute atomic E-state index is 0.181. The zero-order chi connectivity index (χ0) is 54.8. The fraction of sp³-hybridized carbons (Fsp3) is 0.833. The van der Waals surface area contributed by atoms with E-state index in [1.807, 2.05) is 21.1 Å². The van der Waals surface area contributed by atoms with Gasteiger partial charge in [0.1, 0.15) is 13.2 Å². The molecule has 0 amide bonds. The largest absolute Gasteiger partial charge is 0.477 e. The number of hydrogen-bond acceptors (Lipinski definition) is 7. The van der Waals surface area contributed by atoms with Crippen molar-refractivity contribution in [3.05, 3.63) is 48.6 Å². The van der Waals surface area contributed by atoms with Gasteiger partial charge in [-0.3, -0.25) is 9.59 Å². The zero-order valence-electron chi connectivity index (χ0n) is 50.0. The van der Waals surface area contributed by atoms with Crippen LogP contribution >= 0.6 is 0 Å². The van der Waals surface area contributed by atoms with Crippen molar-refractivity contribution in [1.82, 2.24) is 0 Å². The van der Waals surface area contributed by atoms with Crippen LogP contribution in [0.15, 0.2) is 48.6 Å². The van der Waals surface area contributed by atoms with Crippen LogP contribution in [0.4, 0.5) is 0 Å². The number of aliphatic carboxylic acids is 1. The molecule has 0 aromatic carbocycles. The fourth-order valence-electron chi connectivity index (χ4n) is 9.14. The van der Waals surface area contributed by atoms with E-state index in [-0.39, 0.29) is 32.2 Å². The Hall–Kier alpha value is -2.75. The highest BCUT2D eigenvalue weighted by molar-refractivity contribution is 5.71. The number of carboxylic acid groups (broad SMARTS) is 1. The van der Waals surface area contributed by atoms with Crippen molar-refractivity contribution in [3.8, 4) is 0 Å². The van der Waals surface area contributed by atoms with Gasteiger partial charge >= 0.3 is 17.9 Å². The maximum absolute atomic E-state index is 12.9. The third kappa shape index (κ3) is 58.8. The van der Waals surface area contributed by atoms with Crippen molar-refractivity contribution >= 4 is 17.9 Å². The summed E-state index contributed by atoms with van der Waals surface area (Å²) < 4.78 is 22.9. The number of quaternary nitrogens is 1. The van der Waals surface area contributed by atoms with Gasteiger partial charge in [-0.1, -0.05) is 255 Å². The normalized spacial score (nSPS) is 13.0. The van der Waals surface area contributed by atoms with E-state index in [9.17, 15) is 19.5 Å². The monoisotopic (exact) mass is 1060 g/mol. The number of unbranched alkanes of at least 4 members (excludes halogenated alkanes) is 36. The van der Waals surface area contributed by atoms with E-state index >= 15 is 0 Å². The van der Waals surface area contributed by atoms with Crippen molar-refractivity contribution < 1.29 is 42.9 Å². The summed E-state index contributed by atoms with van der Waals surface area (Å²) in [6.45, 7) is 4.89. The lowest BCUT2D eigenvalue weighted by atomic mass is 10.0. The zero-order valence-corrected chi connectivity index (χ0v) is 50.0. The average molecular weight is 1060 g/mol. The first-order valence-corrected chi connectivity index (χ1v) is 31.8. The third-order valence-electron chi connectivity index (χ3n) is 14.1. The number of carbonyl (C=O) groups is 3. The molecule has 0 radical (unpaired) electrons. The van der Waals surface area contributed by atoms with Crippen molar-refractivity contribution in [3.63, 3.8) is 0 Å². The number of carboxylic acids is 1. The molecule has 0 aliphatic heterocycles. The lowest BCUT2D eigenvalue weighted by Crippen LogP contribution is -2.40. The number of esters is 2. The Kier molecular flexibility index (Phi) is 55.3. The molecule has 0 fully saturated rings. The Morgan fingerprint density at radius 1 is 0.400 bits per heavy atom. The summed E-state index contributed by atoms with van der Waals surface area (Å²) in [7, 11) is 5.98. The molecule has 0 heterocycles. The molecule has 75 heavy (non-hydrogen) atoms. The van der Waals surface area contributed by atoms with Crippen LogP contribution in [0.1, 0.15) is 296 Å². The van der Waals surface area contributed by atoms with E-state index in [1.165, 1.54) is 218 Å². The molecule has 0 saturated carbocycles. The van der Waals surface area contributed by atoms with Crippen LogP contribution in [0.3, 0.4) is 0 Å². The van der Waals surface area contributed by atoms with Gasteiger partial charge in [0.05, 0.1) is 34.4 Å². The number of carbonyl (C=O) groups excluding carboxylic acids is 2. The molecule has 1 N–H and O–H groups in total. The van der Waals surface area contributed by atoms with Gasteiger partial charge in [0.2, 0.25) is 0 Å². The van der Waals surface area contributed by atoms with Crippen molar-refractivity contribution in [1.29, 1.82) is 0 Å². The summed E-state index contributed by atoms with van der Waals surface area (Å²) in [6.07, 6.45) is 69.1. The molecule has 0 aromatic rings. The van der Waals surface area contributed by atoms with Crippen LogP contribution in [0.2, 0.25) is 0 Å². The van der Waals surface area contributed by atoms with E-state index in [4.69, 9.17) is 18.9 Å². The number of likely N-dealkylation sites (N-methyl/N-ethyl adjacent to an activating group) is 1. The van der Waals surface area contributed by atoms with Crippen molar-refractivity contribution in [2.45, 2.75) is 309 Å². The van der Waals surface area contributed by atoms with E-state index in [0.717, 1.165) is 51.4 Å². The highest BCUT2D eigenvalue weighted by atomic mass is 16.7. The minimum atomic E-state index is -1.51. The quantitative estimate of drug-likeness (QED) is 0.0211. The van der Waals surface area contributed by atoms with Crippen LogP contribution < -0.4 is 0 Å². The topological polar surface area (TPSA) is 108 Å². The molecular formula is C66H122NO8+. The highest BCUT2D eigenvalue weighted by Gasteiger charge is 2.25. The number of hydrogen-bond donors (Lipinski definition) is 1. The van der Waals surface area contributed by atoms with E-state index in [1.54, 1.807) is 0 Å². The number of nitrogens with zero attached hydrogens (tertiary/aromatic N) is 1. The second-order valence-corrected chi connectivity index (χ2v) is 22.7. The Bertz CT molecular complexity index is 1370. The van der Waals surface area contributed by atoms with Crippen LogP contribution in [0.5, 0.6) is 0 Å². The Morgan fingerprint density at radius 2 is 0.720 bits per heavy atom. The van der Waals surface area contributed by atoms with E-state index in [0.29, 0.717) is 17.4 Å². The minimum Gasteiger partial charge on any atom is -0.477 e. The van der Waals surface area contributed by atoms with Gasteiger partial charge in [0, 0.05) is 12.8 Å². The predicted octanol–water partition coefficient (Wildman–Crippen LogP) is 19.0. The molecular weight excluding hydrogens is 935 g/mol. The van der Waals surface area contributed by atoms with Gasteiger partial charge in [-0.25, -0.2) is 4.79 Å². The highest BCUT2D eigenvalue weighted by Crippen LogP contribution is 2.17. The summed E-state index contributed by atoms with van der Waals surface area (Å²) in [5.74, 6) is -1.99. The Morgan fingerprint density at radius 3 is 1.05 bits per heavy atom. The molecule has 2 unspecified atom stereocenters. The fourth-order valence-corrected chi connectivity index (χ4v) is 9.14. The summed E-state index contributed by atoms with van der Waals surface area (Å²) in [5.41, 5.74) is 0. The number of ether oxygens (including phenoxy) is 4. The van der Waals surface area contributed by atoms with E-state index < -0.39 is 24.3 Å². The SMILES string of the molecule is CCCCCCC/C=C\C/C=C\CCCCCCCCCCCCCCCCCC(=O)OC(COC(=O)CCCCCCCCCCCCC/C=C\C/C=C\CCCCCCC)COC(OCC[N+](C)(C)C)C(=O)O. The molecule has 0 aliphatic carbocycles. The summed E-state index contributed by atoms with van der Waals surface area (Å²) >= 11 is 0. The molecule has 2 atom stereocenters. The van der Waals surface area contributed by atoms with Crippen LogP contribution in [0.25, 0.3) is 0 Å². The van der Waals surface area contributed by atoms with Gasteiger partial charge in [-0.05, 0) is 77.0 Å². The van der Waals surface area contributed by atoms with Crippen LogP contribution in [0, 0.1) is 0 Å². The maximum atomic E-state index is 12.9. The molecule has 0 spiro atoms. The summed E-state index contributed by atoms with van der Waals surface area (Å²) in [6, 6.07) is 0. The van der Waals surface area contributed by atoms with Crippen LogP contribution in [-0.2, 0) is 33.3 Å². The van der Waals surface area contributed by atoms with Crippen molar-refractivity contribution in [2.75, 3.05) is 47.5 Å². The number of rotatable bonds is 59. The van der Waals surface area contributed by atoms with Gasteiger partial charge < -0.3 is 28.5 Å². The molecule has 0 saturated heterocycles. The Balaban J connectivity index is 4.17. The second kappa shape index (κ2) is 57.4. The Labute approximate surface area is 463 Å². The first kappa shape index (κ1) is 72.2. The van der Waals surface area contributed by atoms with Crippen LogP contribution in [-0.4, -0.2) is 87.4 Å². The van der Waals surface area contributed by atoms with Crippen molar-refractivity contribution in [2.24, 2.45) is 0 Å². The molecule has 0 aromatic heterocycles. The van der Waals surface area contributed by atoms with Gasteiger partial charge in [0.25, 0.3) is 6.29 Å². The lowest BCUT2D eigenvalue weighted by Gasteiger charge is -2.25. The molecule has 9 heteroatoms. The predicted molar refractivity (Wildman–Crippen MR) is 318 cm³/mol. The van der Waals surface area contributed by atoms with Gasteiger partial charge in [-0.2, -0.15) is 0 Å². The average Bonchev–Trinajstić information content (AvgIpc) is 3.38. The second-order valence-electron chi connectivity index (χ2n) is 22.7. The standard InChI is InChI=1S/C66H121NO8/c1-6-8-10-12-14-16-18-20-22-24-26-28-30-31-32-33-35-37-39-41-43-45-47-49-51-53-55-57-64(69)75-62(61-74-66(65(70)71)72-59-58-67(3,4)5)60-73-63(68)56-54-52-50-48-46-44-42-40-38-36-34-29-27-25-23-21-19-17-15-13-11-9-7-2/h18-21,24-27,62,66H,6-17,22-23,28-61H2,1-5H3/p+1/b20-18-,21-19-,26-24-,27-25-. The summed E-state index contributed by atoms with van der Waals surface area (Å²) in [5, 5.41) is 9.72. The third-order valence-corrected chi connectivity index (χ3v) is 14.1. The molecule has 438 valence electrons. The molecule has 9 nitrogen and oxygen atoms in total. The molecule has 0 aliphatic rings. The maximum Gasteiger partial charge on any atom is 0.361 e. The lowest BCUT2D eigenvalue weighted by molar-refractivity contribution is -0.870. The smallest absolute Gasteiger partial charge is 0.361 e. The van der Waals surface area contributed by atoms with Gasteiger partial charge in [-0.15, -0.1) is 0 Å². The number of allylic oxidation sites excluding steroid dienone is 8. The molecule has 0 bridgehead atoms. The van der Waals surface area contributed by atoms with Gasteiger partial charge in [0.15, 0.2) is 6.10 Å². The molecule has 0 rings (SSSR count). The first-order valence-electron chi connectivity index (χ1n) is 31.8. The first-order chi connectivity index (χ1) is 36.6. The summed E-state index contributed by atoms with van der Waals surface area (Å²) in [4.78, 5) is 37.5. The van der Waals surface area contributed by atoms with E-state index in [2.05, 4.69) is 62.5 Å².